The highest BCUT2D eigenvalue weighted by Gasteiger charge is 2.04. The van der Waals surface area contributed by atoms with Crippen LogP contribution in [0.5, 0.6) is 0 Å². The maximum Gasteiger partial charge on any atom is 0.126 e. The van der Waals surface area contributed by atoms with Gasteiger partial charge in [0.25, 0.3) is 0 Å². The molecule has 0 radical (unpaired) electrons. The summed E-state index contributed by atoms with van der Waals surface area (Å²) in [6.45, 7) is 0.690. The Morgan fingerprint density at radius 3 is 2.79 bits per heavy atom. The van der Waals surface area contributed by atoms with Crippen molar-refractivity contribution in [1.82, 2.24) is 25.0 Å². The Bertz CT molecular complexity index is 1210. The van der Waals surface area contributed by atoms with Gasteiger partial charge >= 0.3 is 0 Å². The molecule has 6 heteroatoms. The molecule has 0 saturated heterocycles. The lowest BCUT2D eigenvalue weighted by Crippen LogP contribution is -2.02. The molecule has 136 valence electrons. The Balaban J connectivity index is 1.37. The summed E-state index contributed by atoms with van der Waals surface area (Å²) >= 11 is 0. The molecule has 0 unspecified atom stereocenters. The van der Waals surface area contributed by atoms with Gasteiger partial charge in [-0.05, 0) is 46.8 Å². The van der Waals surface area contributed by atoms with Gasteiger partial charge in [0.15, 0.2) is 0 Å². The second-order valence-electron chi connectivity index (χ2n) is 6.59. The van der Waals surface area contributed by atoms with E-state index in [0.29, 0.717) is 6.54 Å². The summed E-state index contributed by atoms with van der Waals surface area (Å²) in [5, 5.41) is 16.8. The molecule has 0 aliphatic rings. The molecular formula is C22H18N6. The molecule has 6 nitrogen and oxygen atoms in total. The predicted molar refractivity (Wildman–Crippen MR) is 110 cm³/mol. The molecule has 28 heavy (non-hydrogen) atoms. The molecule has 3 aromatic heterocycles. The molecule has 5 aromatic rings. The van der Waals surface area contributed by atoms with E-state index in [-0.39, 0.29) is 0 Å². The molecule has 0 atom stereocenters. The Kier molecular flexibility index (Phi) is 4.06. The van der Waals surface area contributed by atoms with Crippen LogP contribution in [0.1, 0.15) is 5.56 Å². The molecule has 0 saturated carbocycles. The predicted octanol–water partition coefficient (Wildman–Crippen LogP) is 4.42. The number of nitrogens with zero attached hydrogens (tertiary/aromatic N) is 4. The molecule has 0 fully saturated rings. The average Bonchev–Trinajstić information content (AvgIpc) is 3.46. The fraction of sp³-hybridized carbons (Fsp3) is 0.0455. The van der Waals surface area contributed by atoms with Crippen LogP contribution < -0.4 is 5.32 Å². The molecular weight excluding hydrogens is 348 g/mol. The van der Waals surface area contributed by atoms with Crippen molar-refractivity contribution in [3.8, 4) is 16.8 Å². The smallest absolute Gasteiger partial charge is 0.126 e. The van der Waals surface area contributed by atoms with Crippen LogP contribution in [-0.2, 0) is 6.54 Å². The second-order valence-corrected chi connectivity index (χ2v) is 6.59. The van der Waals surface area contributed by atoms with E-state index < -0.39 is 0 Å². The van der Waals surface area contributed by atoms with E-state index in [1.165, 1.54) is 5.56 Å². The first-order valence-electron chi connectivity index (χ1n) is 9.07. The highest BCUT2D eigenvalue weighted by atomic mass is 15.3. The summed E-state index contributed by atoms with van der Waals surface area (Å²) in [7, 11) is 0. The van der Waals surface area contributed by atoms with Crippen LogP contribution in [0.4, 0.5) is 5.82 Å². The van der Waals surface area contributed by atoms with Gasteiger partial charge in [0.1, 0.15) is 5.82 Å². The number of hydrogen-bond acceptors (Lipinski definition) is 4. The zero-order valence-corrected chi connectivity index (χ0v) is 15.1. The molecule has 5 rings (SSSR count). The number of fused-ring (bicyclic) bond motifs is 1. The summed E-state index contributed by atoms with van der Waals surface area (Å²) in [5.41, 5.74) is 4.41. The van der Waals surface area contributed by atoms with E-state index in [9.17, 15) is 0 Å². The third-order valence-corrected chi connectivity index (χ3v) is 4.71. The van der Waals surface area contributed by atoms with Gasteiger partial charge in [-0.2, -0.15) is 10.2 Å². The highest BCUT2D eigenvalue weighted by molar-refractivity contribution is 5.88. The van der Waals surface area contributed by atoms with Gasteiger partial charge < -0.3 is 5.32 Å². The summed E-state index contributed by atoms with van der Waals surface area (Å²) in [6.07, 6.45) is 9.34. The first-order chi connectivity index (χ1) is 13.8. The van der Waals surface area contributed by atoms with Gasteiger partial charge in [0.05, 0.1) is 11.9 Å². The van der Waals surface area contributed by atoms with E-state index in [0.717, 1.165) is 33.4 Å². The molecule has 2 aromatic carbocycles. The van der Waals surface area contributed by atoms with Crippen LogP contribution in [0.15, 0.2) is 85.6 Å². The highest BCUT2D eigenvalue weighted by Crippen LogP contribution is 2.25. The van der Waals surface area contributed by atoms with E-state index in [4.69, 9.17) is 0 Å². The Morgan fingerprint density at radius 2 is 1.93 bits per heavy atom. The van der Waals surface area contributed by atoms with Gasteiger partial charge in [-0.3, -0.25) is 5.10 Å². The number of anilines is 1. The lowest BCUT2D eigenvalue weighted by molar-refractivity contribution is 0.877. The van der Waals surface area contributed by atoms with Crippen molar-refractivity contribution in [3.05, 3.63) is 91.1 Å². The molecule has 2 N–H and O–H groups in total. The van der Waals surface area contributed by atoms with E-state index in [1.807, 2.05) is 47.7 Å². The van der Waals surface area contributed by atoms with Crippen molar-refractivity contribution < 1.29 is 0 Å². The SMILES string of the molecule is c1cc(CNc2cc3cc(-c4cn[nH]c4)ccc3cn2)cc(-n2cccn2)c1. The lowest BCUT2D eigenvalue weighted by Gasteiger charge is -2.09. The number of benzene rings is 2. The van der Waals surface area contributed by atoms with E-state index in [2.05, 4.69) is 62.0 Å². The van der Waals surface area contributed by atoms with Crippen molar-refractivity contribution in [3.63, 3.8) is 0 Å². The molecule has 0 aliphatic carbocycles. The molecule has 0 aliphatic heterocycles. The van der Waals surface area contributed by atoms with Gasteiger partial charge in [-0.15, -0.1) is 0 Å². The maximum absolute atomic E-state index is 4.54. The van der Waals surface area contributed by atoms with Crippen molar-refractivity contribution in [2.75, 3.05) is 5.32 Å². The summed E-state index contributed by atoms with van der Waals surface area (Å²) < 4.78 is 1.86. The van der Waals surface area contributed by atoms with Crippen LogP contribution >= 0.6 is 0 Å². The summed E-state index contributed by atoms with van der Waals surface area (Å²) in [4.78, 5) is 4.54. The molecule has 0 spiro atoms. The molecule has 0 bridgehead atoms. The first kappa shape index (κ1) is 16.3. The first-order valence-corrected chi connectivity index (χ1v) is 9.07. The van der Waals surface area contributed by atoms with E-state index >= 15 is 0 Å². The zero-order valence-electron chi connectivity index (χ0n) is 15.1. The van der Waals surface area contributed by atoms with Crippen LogP contribution in [-0.4, -0.2) is 25.0 Å². The number of pyridine rings is 1. The number of hydrogen-bond donors (Lipinski definition) is 2. The monoisotopic (exact) mass is 366 g/mol. The van der Waals surface area contributed by atoms with Gasteiger partial charge in [-0.25, -0.2) is 9.67 Å². The third-order valence-electron chi connectivity index (χ3n) is 4.71. The standard InChI is InChI=1S/C22H18N6/c1-3-16(9-21(4-1)28-8-2-7-27-28)12-23-22-11-19-10-17(20-14-25-26-15-20)5-6-18(19)13-24-22/h1-11,13-15H,12H2,(H,23,24)(H,25,26). The van der Waals surface area contributed by atoms with E-state index in [1.54, 1.807) is 6.20 Å². The fourth-order valence-corrected chi connectivity index (χ4v) is 3.25. The maximum atomic E-state index is 4.54. The summed E-state index contributed by atoms with van der Waals surface area (Å²) in [6, 6.07) is 18.6. The normalized spacial score (nSPS) is 11.0. The number of nitrogens with one attached hydrogen (secondary N) is 2. The van der Waals surface area contributed by atoms with Gasteiger partial charge in [-0.1, -0.05) is 24.3 Å². The largest absolute Gasteiger partial charge is 0.366 e. The fourth-order valence-electron chi connectivity index (χ4n) is 3.25. The number of aromatic amines is 1. The van der Waals surface area contributed by atoms with Crippen LogP contribution in [0.3, 0.4) is 0 Å². The minimum absolute atomic E-state index is 0.690. The average molecular weight is 366 g/mol. The quantitative estimate of drug-likeness (QED) is 0.483. The van der Waals surface area contributed by atoms with Crippen molar-refractivity contribution in [2.45, 2.75) is 6.54 Å². The topological polar surface area (TPSA) is 71.4 Å². The van der Waals surface area contributed by atoms with Crippen LogP contribution in [0, 0.1) is 0 Å². The Hall–Kier alpha value is -3.93. The van der Waals surface area contributed by atoms with Crippen molar-refractivity contribution in [1.29, 1.82) is 0 Å². The zero-order chi connectivity index (χ0) is 18.8. The van der Waals surface area contributed by atoms with Crippen LogP contribution in [0.2, 0.25) is 0 Å². The molecule has 0 amide bonds. The van der Waals surface area contributed by atoms with Crippen LogP contribution in [0.25, 0.3) is 27.6 Å². The van der Waals surface area contributed by atoms with Gasteiger partial charge in [0, 0.05) is 42.3 Å². The Labute approximate surface area is 161 Å². The number of aromatic nitrogens is 5. The van der Waals surface area contributed by atoms with Gasteiger partial charge in [0.2, 0.25) is 0 Å². The third kappa shape index (κ3) is 3.23. The van der Waals surface area contributed by atoms with Crippen molar-refractivity contribution in [2.24, 2.45) is 0 Å². The Morgan fingerprint density at radius 1 is 0.929 bits per heavy atom. The minimum Gasteiger partial charge on any atom is -0.366 e. The molecule has 3 heterocycles. The number of rotatable bonds is 5. The lowest BCUT2D eigenvalue weighted by atomic mass is 10.1. The second kappa shape index (κ2) is 7.00. The minimum atomic E-state index is 0.690. The van der Waals surface area contributed by atoms with Crippen molar-refractivity contribution >= 4 is 16.6 Å². The number of H-pyrrole nitrogens is 1. The summed E-state index contributed by atoms with van der Waals surface area (Å²) in [5.74, 6) is 0.848.